The average molecular weight is 409 g/mol. The molecule has 0 radical (unpaired) electrons. The molecule has 3 aromatic rings. The normalized spacial score (nSPS) is 18.5. The molecule has 30 heavy (non-hydrogen) atoms. The number of carbonyl (C=O) groups excluding carboxylic acids is 1. The van der Waals surface area contributed by atoms with Crippen molar-refractivity contribution in [3.05, 3.63) is 59.8 Å². The second kappa shape index (κ2) is 9.22. The summed E-state index contributed by atoms with van der Waals surface area (Å²) in [6, 6.07) is 14.5. The van der Waals surface area contributed by atoms with Crippen LogP contribution in [0, 0.1) is 0 Å². The molecule has 6 heteroatoms. The van der Waals surface area contributed by atoms with Crippen LogP contribution in [0.25, 0.3) is 10.9 Å². The Balaban J connectivity index is 1.34. The van der Waals surface area contributed by atoms with Gasteiger partial charge in [-0.05, 0) is 30.2 Å². The second-order valence-corrected chi connectivity index (χ2v) is 7.85. The molecule has 1 aromatic heterocycles. The Bertz CT molecular complexity index is 1010. The first-order chi connectivity index (χ1) is 14.7. The van der Waals surface area contributed by atoms with E-state index in [-0.39, 0.29) is 11.9 Å². The van der Waals surface area contributed by atoms with E-state index in [4.69, 9.17) is 9.47 Å². The number of fused-ring (bicyclic) bond motifs is 1. The number of amides is 1. The highest BCUT2D eigenvalue weighted by atomic mass is 16.5. The third kappa shape index (κ3) is 4.28. The third-order valence-corrected chi connectivity index (χ3v) is 6.08. The Morgan fingerprint density at radius 3 is 2.90 bits per heavy atom. The monoisotopic (exact) mass is 408 g/mol. The summed E-state index contributed by atoms with van der Waals surface area (Å²) in [5.74, 6) is 1.72. The highest BCUT2D eigenvalue weighted by Crippen LogP contribution is 2.31. The minimum atomic E-state index is 0.101. The van der Waals surface area contributed by atoms with E-state index in [9.17, 15) is 4.79 Å². The maximum atomic E-state index is 12.6. The topological polar surface area (TPSA) is 67.8 Å². The van der Waals surface area contributed by atoms with Crippen molar-refractivity contribution in [2.24, 2.45) is 0 Å². The third-order valence-electron chi connectivity index (χ3n) is 6.08. The number of hydrogen-bond acceptors (Lipinski definition) is 3. The van der Waals surface area contributed by atoms with Gasteiger partial charge in [-0.3, -0.25) is 4.79 Å². The summed E-state index contributed by atoms with van der Waals surface area (Å²) < 4.78 is 10.9. The molecule has 1 aliphatic heterocycles. The molecule has 1 fully saturated rings. The molecular formula is C24H30N3O3+. The molecule has 1 saturated heterocycles. The number of carbonyl (C=O) groups is 1. The number of para-hydroxylation sites is 1. The van der Waals surface area contributed by atoms with Crippen molar-refractivity contribution in [1.82, 2.24) is 10.3 Å². The van der Waals surface area contributed by atoms with Crippen LogP contribution in [0.4, 0.5) is 0 Å². The van der Waals surface area contributed by atoms with Gasteiger partial charge >= 0.3 is 0 Å². The molecule has 0 spiro atoms. The van der Waals surface area contributed by atoms with E-state index < -0.39 is 0 Å². The van der Waals surface area contributed by atoms with E-state index in [0.717, 1.165) is 48.4 Å². The van der Waals surface area contributed by atoms with E-state index in [0.29, 0.717) is 13.1 Å². The van der Waals surface area contributed by atoms with Gasteiger partial charge in [0.1, 0.15) is 17.5 Å². The molecule has 0 bridgehead atoms. The maximum absolute atomic E-state index is 12.6. The van der Waals surface area contributed by atoms with Crippen molar-refractivity contribution in [2.75, 3.05) is 33.9 Å². The van der Waals surface area contributed by atoms with Crippen LogP contribution >= 0.6 is 0 Å². The van der Waals surface area contributed by atoms with E-state index in [2.05, 4.69) is 28.5 Å². The fourth-order valence-electron chi connectivity index (χ4n) is 4.55. The summed E-state index contributed by atoms with van der Waals surface area (Å²) in [7, 11) is 3.34. The first kappa shape index (κ1) is 20.3. The summed E-state index contributed by atoms with van der Waals surface area (Å²) >= 11 is 0. The van der Waals surface area contributed by atoms with E-state index in [1.807, 2.05) is 30.5 Å². The number of H-pyrrole nitrogens is 1. The van der Waals surface area contributed by atoms with Crippen LogP contribution < -0.4 is 19.7 Å². The van der Waals surface area contributed by atoms with Crippen molar-refractivity contribution in [2.45, 2.75) is 25.3 Å². The van der Waals surface area contributed by atoms with Gasteiger partial charge in [-0.25, -0.2) is 0 Å². The number of hydrogen-bond donors (Lipinski definition) is 3. The van der Waals surface area contributed by atoms with Crippen molar-refractivity contribution in [3.63, 3.8) is 0 Å². The minimum Gasteiger partial charge on any atom is -0.497 e. The van der Waals surface area contributed by atoms with Gasteiger partial charge in [-0.2, -0.15) is 0 Å². The fraction of sp³-hybridized carbons (Fsp3) is 0.375. The van der Waals surface area contributed by atoms with Crippen LogP contribution in [0.3, 0.4) is 0 Å². The highest BCUT2D eigenvalue weighted by Gasteiger charge is 2.33. The summed E-state index contributed by atoms with van der Waals surface area (Å²) in [6.45, 7) is 2.12. The van der Waals surface area contributed by atoms with Gasteiger partial charge in [-0.15, -0.1) is 0 Å². The Morgan fingerprint density at radius 2 is 2.07 bits per heavy atom. The molecule has 0 saturated carbocycles. The van der Waals surface area contributed by atoms with Crippen molar-refractivity contribution in [3.8, 4) is 11.5 Å². The van der Waals surface area contributed by atoms with Crippen LogP contribution in [0.5, 0.6) is 11.5 Å². The number of nitrogens with one attached hydrogen (secondary N) is 3. The smallest absolute Gasteiger partial charge is 0.275 e. The standard InChI is InChI=1S/C24H29N3O3/c1-29-18-9-10-20(23(14-18)30-2)22-8-5-13-27(22)16-24(28)25-12-11-17-15-26-21-7-4-3-6-19(17)21/h3-4,6-7,9-10,14-15,22,26H,5,8,11-13,16H2,1-2H3,(H,25,28)/p+1/t22-/m1/s1. The fourth-order valence-corrected chi connectivity index (χ4v) is 4.55. The lowest BCUT2D eigenvalue weighted by atomic mass is 10.0. The van der Waals surface area contributed by atoms with E-state index in [1.54, 1.807) is 14.2 Å². The molecule has 2 atom stereocenters. The van der Waals surface area contributed by atoms with Gasteiger partial charge in [0.2, 0.25) is 0 Å². The Labute approximate surface area is 177 Å². The molecule has 4 rings (SSSR count). The number of aromatic nitrogens is 1. The zero-order chi connectivity index (χ0) is 20.9. The maximum Gasteiger partial charge on any atom is 0.275 e. The van der Waals surface area contributed by atoms with Crippen LogP contribution in [-0.2, 0) is 11.2 Å². The van der Waals surface area contributed by atoms with Gasteiger partial charge in [0.25, 0.3) is 5.91 Å². The van der Waals surface area contributed by atoms with Crippen molar-refractivity contribution >= 4 is 16.8 Å². The van der Waals surface area contributed by atoms with E-state index >= 15 is 0 Å². The summed E-state index contributed by atoms with van der Waals surface area (Å²) in [5.41, 5.74) is 3.52. The van der Waals surface area contributed by atoms with Crippen molar-refractivity contribution in [1.29, 1.82) is 0 Å². The molecule has 1 amide bonds. The van der Waals surface area contributed by atoms with Crippen molar-refractivity contribution < 1.29 is 19.2 Å². The molecule has 158 valence electrons. The minimum absolute atomic E-state index is 0.101. The molecule has 0 aliphatic carbocycles. The largest absolute Gasteiger partial charge is 0.497 e. The average Bonchev–Trinajstić information content (AvgIpc) is 3.40. The van der Waals surface area contributed by atoms with Gasteiger partial charge in [0.05, 0.1) is 26.3 Å². The molecule has 6 nitrogen and oxygen atoms in total. The molecule has 2 heterocycles. The predicted molar refractivity (Wildman–Crippen MR) is 117 cm³/mol. The first-order valence-corrected chi connectivity index (χ1v) is 10.6. The molecule has 2 aromatic carbocycles. The number of rotatable bonds is 8. The lowest BCUT2D eigenvalue weighted by molar-refractivity contribution is -0.910. The zero-order valence-corrected chi connectivity index (χ0v) is 17.7. The Morgan fingerprint density at radius 1 is 1.20 bits per heavy atom. The number of aromatic amines is 1. The first-order valence-electron chi connectivity index (χ1n) is 10.6. The van der Waals surface area contributed by atoms with Crippen LogP contribution in [0.2, 0.25) is 0 Å². The van der Waals surface area contributed by atoms with Crippen LogP contribution in [0.15, 0.2) is 48.7 Å². The second-order valence-electron chi connectivity index (χ2n) is 7.85. The molecular weight excluding hydrogens is 378 g/mol. The van der Waals surface area contributed by atoms with Crippen LogP contribution in [-0.4, -0.2) is 44.7 Å². The number of methoxy groups -OCH3 is 2. The highest BCUT2D eigenvalue weighted by molar-refractivity contribution is 5.83. The molecule has 1 aliphatic rings. The van der Waals surface area contributed by atoms with Gasteiger partial charge in [-0.1, -0.05) is 18.2 Å². The SMILES string of the molecule is COc1ccc([C@H]2CCC[NH+]2CC(=O)NCCc2c[nH]c3ccccc23)c(OC)c1. The zero-order valence-electron chi connectivity index (χ0n) is 17.7. The van der Waals surface area contributed by atoms with Crippen LogP contribution in [0.1, 0.15) is 30.0 Å². The van der Waals surface area contributed by atoms with Gasteiger partial charge < -0.3 is 24.7 Å². The molecule has 3 N–H and O–H groups in total. The Hall–Kier alpha value is -2.99. The van der Waals surface area contributed by atoms with Gasteiger partial charge in [0.15, 0.2) is 6.54 Å². The lowest BCUT2D eigenvalue weighted by Crippen LogP contribution is -3.11. The number of quaternary nitrogens is 1. The van der Waals surface area contributed by atoms with E-state index in [1.165, 1.54) is 15.8 Å². The quantitative estimate of drug-likeness (QED) is 0.536. The summed E-state index contributed by atoms with van der Waals surface area (Å²) in [6.07, 6.45) is 5.02. The summed E-state index contributed by atoms with van der Waals surface area (Å²) in [4.78, 5) is 17.2. The number of benzene rings is 2. The predicted octanol–water partition coefficient (Wildman–Crippen LogP) is 2.26. The van der Waals surface area contributed by atoms with Gasteiger partial charge in [0, 0.05) is 42.6 Å². The summed E-state index contributed by atoms with van der Waals surface area (Å²) in [5, 5.41) is 4.33. The lowest BCUT2D eigenvalue weighted by Gasteiger charge is -2.23. The Kier molecular flexibility index (Phi) is 6.23. The number of ether oxygens (including phenoxy) is 2. The number of likely N-dealkylation sites (tertiary alicyclic amines) is 1. The molecule has 1 unspecified atom stereocenters.